The molecule has 114 valence electrons. The van der Waals surface area contributed by atoms with E-state index < -0.39 is 7.82 Å². The lowest BCUT2D eigenvalue weighted by molar-refractivity contribution is 0.0146. The van der Waals surface area contributed by atoms with Crippen LogP contribution in [0.2, 0.25) is 0 Å². The number of hydrogen-bond donors (Lipinski definition) is 2. The Kier molecular flexibility index (Phi) is 6.98. The first-order valence-corrected chi connectivity index (χ1v) is 8.65. The highest BCUT2D eigenvalue weighted by molar-refractivity contribution is 7.47. The quantitative estimate of drug-likeness (QED) is 0.558. The molecule has 0 amide bonds. The van der Waals surface area contributed by atoms with Gasteiger partial charge in [0.25, 0.3) is 0 Å². The third kappa shape index (κ3) is 5.92. The van der Waals surface area contributed by atoms with Gasteiger partial charge in [-0.2, -0.15) is 0 Å². The first-order valence-electron chi connectivity index (χ1n) is 7.16. The van der Waals surface area contributed by atoms with Crippen molar-refractivity contribution < 1.29 is 18.5 Å². The van der Waals surface area contributed by atoms with E-state index in [4.69, 9.17) is 9.05 Å². The van der Waals surface area contributed by atoms with Crippen molar-refractivity contribution in [2.45, 2.75) is 46.1 Å². The molecule has 4 atom stereocenters. The normalized spacial score (nSPS) is 31.4. The van der Waals surface area contributed by atoms with Crippen LogP contribution in [0.4, 0.5) is 0 Å². The molecule has 0 aromatic carbocycles. The lowest BCUT2D eigenvalue weighted by Gasteiger charge is -2.37. The highest BCUT2D eigenvalue weighted by Gasteiger charge is 2.36. The van der Waals surface area contributed by atoms with Crippen molar-refractivity contribution in [3.05, 3.63) is 0 Å². The number of phosphoric acid groups is 1. The summed E-state index contributed by atoms with van der Waals surface area (Å²) in [6.07, 6.45) is 2.89. The Labute approximate surface area is 116 Å². The third-order valence-corrected chi connectivity index (χ3v) is 4.88. The molecule has 0 bridgehead atoms. The molecule has 0 saturated heterocycles. The van der Waals surface area contributed by atoms with Crippen LogP contribution in [0, 0.1) is 17.8 Å². The Morgan fingerprint density at radius 2 is 2.11 bits per heavy atom. The summed E-state index contributed by atoms with van der Waals surface area (Å²) in [5.41, 5.74) is 0. The van der Waals surface area contributed by atoms with E-state index in [1.165, 1.54) is 6.42 Å². The zero-order valence-corrected chi connectivity index (χ0v) is 13.4. The molecule has 0 aromatic heterocycles. The molecule has 0 spiro atoms. The van der Waals surface area contributed by atoms with Crippen LogP contribution in [0.5, 0.6) is 0 Å². The van der Waals surface area contributed by atoms with Gasteiger partial charge in [0.1, 0.15) is 0 Å². The Balaban J connectivity index is 2.57. The van der Waals surface area contributed by atoms with Gasteiger partial charge in [-0.1, -0.05) is 27.2 Å². The van der Waals surface area contributed by atoms with Crippen LogP contribution >= 0.6 is 7.82 Å². The topological polar surface area (TPSA) is 67.8 Å². The minimum absolute atomic E-state index is 0.172. The first-order chi connectivity index (χ1) is 8.85. The summed E-state index contributed by atoms with van der Waals surface area (Å²) in [5.74, 6) is 1.33. The van der Waals surface area contributed by atoms with Crippen molar-refractivity contribution in [2.75, 3.05) is 20.2 Å². The average Bonchev–Trinajstić information content (AvgIpc) is 2.28. The molecule has 1 saturated carbocycles. The molecular formula is C13H28NO4P. The molecule has 4 unspecified atom stereocenters. The van der Waals surface area contributed by atoms with Crippen LogP contribution < -0.4 is 5.32 Å². The second-order valence-corrected chi connectivity index (χ2v) is 7.28. The minimum atomic E-state index is -3.93. The van der Waals surface area contributed by atoms with Crippen LogP contribution in [-0.4, -0.2) is 31.2 Å². The van der Waals surface area contributed by atoms with Crippen molar-refractivity contribution in [1.29, 1.82) is 0 Å². The van der Waals surface area contributed by atoms with Gasteiger partial charge in [0.05, 0.1) is 12.7 Å². The predicted molar refractivity (Wildman–Crippen MR) is 75.9 cm³/mol. The zero-order chi connectivity index (χ0) is 14.5. The van der Waals surface area contributed by atoms with Crippen LogP contribution in [0.3, 0.4) is 0 Å². The summed E-state index contributed by atoms with van der Waals surface area (Å²) in [4.78, 5) is 9.76. The summed E-state index contributed by atoms with van der Waals surface area (Å²) >= 11 is 0. The van der Waals surface area contributed by atoms with Crippen LogP contribution in [0.15, 0.2) is 0 Å². The second kappa shape index (κ2) is 7.75. The summed E-state index contributed by atoms with van der Waals surface area (Å²) in [6, 6.07) is 0. The van der Waals surface area contributed by atoms with Gasteiger partial charge in [-0.3, -0.25) is 9.05 Å². The van der Waals surface area contributed by atoms with E-state index in [9.17, 15) is 9.46 Å². The Morgan fingerprint density at radius 3 is 2.68 bits per heavy atom. The molecule has 0 aliphatic heterocycles. The zero-order valence-electron chi connectivity index (χ0n) is 12.5. The molecular weight excluding hydrogens is 265 g/mol. The van der Waals surface area contributed by atoms with Crippen LogP contribution in [0.1, 0.15) is 40.0 Å². The number of hydrogen-bond acceptors (Lipinski definition) is 4. The lowest BCUT2D eigenvalue weighted by atomic mass is 9.75. The molecule has 0 radical (unpaired) electrons. The van der Waals surface area contributed by atoms with Crippen LogP contribution in [0.25, 0.3) is 0 Å². The Bertz CT molecular complexity index is 311. The van der Waals surface area contributed by atoms with Crippen molar-refractivity contribution >= 4 is 7.82 Å². The fraction of sp³-hybridized carbons (Fsp3) is 1.00. The van der Waals surface area contributed by atoms with E-state index in [0.29, 0.717) is 24.3 Å². The maximum Gasteiger partial charge on any atom is 0.472 e. The number of rotatable bonds is 7. The Morgan fingerprint density at radius 1 is 1.42 bits per heavy atom. The highest BCUT2D eigenvalue weighted by atomic mass is 31.2. The Hall–Kier alpha value is 0.0700. The monoisotopic (exact) mass is 293 g/mol. The fourth-order valence-corrected chi connectivity index (χ4v) is 3.67. The molecule has 1 aliphatic carbocycles. The minimum Gasteiger partial charge on any atom is -0.317 e. The maximum absolute atomic E-state index is 11.9. The molecule has 19 heavy (non-hydrogen) atoms. The standard InChI is InChI=1S/C13H28NO4P/c1-10(2)12-6-5-11(3)9-13(12)18-19(15,16)17-8-7-14-4/h10-14H,5-9H2,1-4H3,(H,15,16). The molecule has 1 rings (SSSR count). The second-order valence-electron chi connectivity index (χ2n) is 5.88. The van der Waals surface area contributed by atoms with Crippen LogP contribution in [-0.2, 0) is 13.6 Å². The van der Waals surface area contributed by atoms with Crippen molar-refractivity contribution in [3.8, 4) is 0 Å². The molecule has 0 aromatic rings. The first kappa shape index (κ1) is 17.1. The van der Waals surface area contributed by atoms with Gasteiger partial charge >= 0.3 is 7.82 Å². The summed E-state index contributed by atoms with van der Waals surface area (Å²) in [7, 11) is -2.17. The van der Waals surface area contributed by atoms with E-state index in [0.717, 1.165) is 12.8 Å². The smallest absolute Gasteiger partial charge is 0.317 e. The maximum atomic E-state index is 11.9. The van der Waals surface area contributed by atoms with Gasteiger partial charge in [0.2, 0.25) is 0 Å². The van der Waals surface area contributed by atoms with E-state index in [2.05, 4.69) is 26.1 Å². The van der Waals surface area contributed by atoms with E-state index in [-0.39, 0.29) is 12.7 Å². The molecule has 6 heteroatoms. The average molecular weight is 293 g/mol. The third-order valence-electron chi connectivity index (χ3n) is 3.84. The van der Waals surface area contributed by atoms with E-state index in [1.54, 1.807) is 7.05 Å². The fourth-order valence-electron chi connectivity index (χ4n) is 2.70. The molecule has 0 heterocycles. The molecule has 2 N–H and O–H groups in total. The summed E-state index contributed by atoms with van der Waals surface area (Å²) < 4.78 is 22.3. The molecule has 5 nitrogen and oxygen atoms in total. The lowest BCUT2D eigenvalue weighted by Crippen LogP contribution is -2.33. The predicted octanol–water partition coefficient (Wildman–Crippen LogP) is 2.80. The number of likely N-dealkylation sites (N-methyl/N-ethyl adjacent to an activating group) is 1. The number of nitrogens with one attached hydrogen (secondary N) is 1. The summed E-state index contributed by atoms with van der Waals surface area (Å²) in [5, 5.41) is 2.87. The largest absolute Gasteiger partial charge is 0.472 e. The van der Waals surface area contributed by atoms with Gasteiger partial charge in [0, 0.05) is 6.54 Å². The van der Waals surface area contributed by atoms with Crippen molar-refractivity contribution in [1.82, 2.24) is 5.32 Å². The van der Waals surface area contributed by atoms with Crippen molar-refractivity contribution in [3.63, 3.8) is 0 Å². The van der Waals surface area contributed by atoms with Gasteiger partial charge in [-0.15, -0.1) is 0 Å². The highest BCUT2D eigenvalue weighted by Crippen LogP contribution is 2.49. The van der Waals surface area contributed by atoms with Gasteiger partial charge in [-0.25, -0.2) is 4.57 Å². The molecule has 1 fully saturated rings. The van der Waals surface area contributed by atoms with E-state index in [1.807, 2.05) is 0 Å². The van der Waals surface area contributed by atoms with E-state index >= 15 is 0 Å². The summed E-state index contributed by atoms with van der Waals surface area (Å²) in [6.45, 7) is 7.15. The molecule has 1 aliphatic rings. The van der Waals surface area contributed by atoms with Crippen molar-refractivity contribution in [2.24, 2.45) is 17.8 Å². The number of phosphoric ester groups is 1. The van der Waals surface area contributed by atoms with Gasteiger partial charge in [-0.05, 0) is 37.6 Å². The van der Waals surface area contributed by atoms with Gasteiger partial charge < -0.3 is 10.2 Å². The SMILES string of the molecule is CNCCOP(=O)(O)OC1CC(C)CCC1C(C)C. The van der Waals surface area contributed by atoms with Gasteiger partial charge in [0.15, 0.2) is 0 Å².